The van der Waals surface area contributed by atoms with Crippen LogP contribution in [0.4, 0.5) is 4.79 Å². The van der Waals surface area contributed by atoms with Gasteiger partial charge in [-0.05, 0) is 19.1 Å². The van der Waals surface area contributed by atoms with Crippen LogP contribution >= 0.6 is 0 Å². The maximum atomic E-state index is 11.9. The molecular formula is C16H17N3O4. The fourth-order valence-corrected chi connectivity index (χ4v) is 2.25. The number of ether oxygens (including phenoxy) is 1. The van der Waals surface area contributed by atoms with Crippen LogP contribution < -0.4 is 15.4 Å². The van der Waals surface area contributed by atoms with Crippen molar-refractivity contribution >= 4 is 17.0 Å². The molecule has 2 amide bonds. The van der Waals surface area contributed by atoms with Crippen molar-refractivity contribution in [2.24, 2.45) is 0 Å². The predicted molar refractivity (Wildman–Crippen MR) is 83.1 cm³/mol. The van der Waals surface area contributed by atoms with E-state index in [1.54, 1.807) is 13.2 Å². The quantitative estimate of drug-likeness (QED) is 0.755. The van der Waals surface area contributed by atoms with Gasteiger partial charge in [0.15, 0.2) is 11.3 Å². The number of carbonyl (C=O) groups excluding carboxylic acids is 1. The number of fused-ring (bicyclic) bond motifs is 1. The molecule has 0 aliphatic heterocycles. The average molecular weight is 315 g/mol. The number of nitrogens with zero attached hydrogens (tertiary/aromatic N) is 1. The second-order valence-electron chi connectivity index (χ2n) is 5.07. The van der Waals surface area contributed by atoms with Crippen LogP contribution in [0.2, 0.25) is 0 Å². The van der Waals surface area contributed by atoms with Crippen LogP contribution in [0.15, 0.2) is 45.5 Å². The summed E-state index contributed by atoms with van der Waals surface area (Å²) in [5, 5.41) is 10.2. The molecule has 7 heteroatoms. The Hall–Kier alpha value is -2.96. The third kappa shape index (κ3) is 3.28. The van der Waals surface area contributed by atoms with Gasteiger partial charge in [-0.1, -0.05) is 17.3 Å². The number of amides is 2. The second kappa shape index (κ2) is 6.43. The Bertz CT molecular complexity index is 795. The molecule has 2 aromatic heterocycles. The molecule has 1 unspecified atom stereocenters. The maximum absolute atomic E-state index is 11.9. The van der Waals surface area contributed by atoms with Gasteiger partial charge in [0.05, 0.1) is 19.7 Å². The summed E-state index contributed by atoms with van der Waals surface area (Å²) >= 11 is 0. The maximum Gasteiger partial charge on any atom is 0.315 e. The number of benzene rings is 1. The van der Waals surface area contributed by atoms with Gasteiger partial charge in [-0.25, -0.2) is 4.79 Å². The molecule has 0 aliphatic carbocycles. The molecule has 2 N–H and O–H groups in total. The number of nitrogens with one attached hydrogen (secondary N) is 2. The molecule has 1 aromatic carbocycles. The lowest BCUT2D eigenvalue weighted by atomic mass is 10.2. The van der Waals surface area contributed by atoms with E-state index >= 15 is 0 Å². The first kappa shape index (κ1) is 15.0. The Balaban J connectivity index is 1.65. The first-order chi connectivity index (χ1) is 11.2. The Kier molecular flexibility index (Phi) is 4.18. The molecule has 1 atom stereocenters. The van der Waals surface area contributed by atoms with Crippen LogP contribution in [0.3, 0.4) is 0 Å². The van der Waals surface area contributed by atoms with Crippen molar-refractivity contribution in [2.75, 3.05) is 7.11 Å². The van der Waals surface area contributed by atoms with E-state index in [1.165, 1.54) is 6.26 Å². The first-order valence-corrected chi connectivity index (χ1v) is 7.17. The molecule has 0 radical (unpaired) electrons. The number of hydrogen-bond donors (Lipinski definition) is 2. The van der Waals surface area contributed by atoms with Gasteiger partial charge >= 0.3 is 6.03 Å². The largest absolute Gasteiger partial charge is 0.493 e. The molecular weight excluding hydrogens is 298 g/mol. The fraction of sp³-hybridized carbons (Fsp3) is 0.250. The van der Waals surface area contributed by atoms with Gasteiger partial charge in [0.2, 0.25) is 0 Å². The molecule has 0 fully saturated rings. The summed E-state index contributed by atoms with van der Waals surface area (Å²) in [6.07, 6.45) is 1.46. The molecule has 0 bridgehead atoms. The minimum Gasteiger partial charge on any atom is -0.493 e. The summed E-state index contributed by atoms with van der Waals surface area (Å²) in [7, 11) is 1.59. The van der Waals surface area contributed by atoms with Crippen molar-refractivity contribution in [1.82, 2.24) is 15.8 Å². The summed E-state index contributed by atoms with van der Waals surface area (Å²) < 4.78 is 15.8. The van der Waals surface area contributed by atoms with Crippen LogP contribution in [0.1, 0.15) is 24.4 Å². The molecule has 2 heterocycles. The smallest absolute Gasteiger partial charge is 0.315 e. The highest BCUT2D eigenvalue weighted by Crippen LogP contribution is 2.30. The summed E-state index contributed by atoms with van der Waals surface area (Å²) in [5.74, 6) is 1.32. The zero-order chi connectivity index (χ0) is 16.2. The van der Waals surface area contributed by atoms with Crippen molar-refractivity contribution < 1.29 is 18.5 Å². The van der Waals surface area contributed by atoms with E-state index in [4.69, 9.17) is 13.7 Å². The molecule has 7 nitrogen and oxygen atoms in total. The van der Waals surface area contributed by atoms with Crippen LogP contribution in [0.5, 0.6) is 5.75 Å². The van der Waals surface area contributed by atoms with E-state index < -0.39 is 0 Å². The topological polar surface area (TPSA) is 89.5 Å². The summed E-state index contributed by atoms with van der Waals surface area (Å²) in [6.45, 7) is 2.14. The highest BCUT2D eigenvalue weighted by Gasteiger charge is 2.16. The van der Waals surface area contributed by atoms with E-state index in [9.17, 15) is 4.79 Å². The third-order valence-corrected chi connectivity index (χ3v) is 3.44. The van der Waals surface area contributed by atoms with Gasteiger partial charge in [0.25, 0.3) is 0 Å². The van der Waals surface area contributed by atoms with Crippen LogP contribution in [0, 0.1) is 0 Å². The lowest BCUT2D eigenvalue weighted by molar-refractivity contribution is 0.235. The number of para-hydroxylation sites is 1. The summed E-state index contributed by atoms with van der Waals surface area (Å²) in [4.78, 5) is 11.9. The third-order valence-electron chi connectivity index (χ3n) is 3.44. The van der Waals surface area contributed by atoms with Gasteiger partial charge < -0.3 is 24.3 Å². The zero-order valence-electron chi connectivity index (χ0n) is 12.8. The van der Waals surface area contributed by atoms with Crippen molar-refractivity contribution in [1.29, 1.82) is 0 Å². The number of aromatic nitrogens is 1. The summed E-state index contributed by atoms with van der Waals surface area (Å²) in [6, 6.07) is 8.64. The van der Waals surface area contributed by atoms with E-state index in [0.29, 0.717) is 29.3 Å². The molecule has 23 heavy (non-hydrogen) atoms. The molecule has 0 spiro atoms. The molecule has 120 valence electrons. The minimum absolute atomic E-state index is 0.288. The van der Waals surface area contributed by atoms with Crippen molar-refractivity contribution in [2.45, 2.75) is 19.5 Å². The highest BCUT2D eigenvalue weighted by molar-refractivity contribution is 5.84. The first-order valence-electron chi connectivity index (χ1n) is 7.17. The molecule has 0 aliphatic rings. The second-order valence-corrected chi connectivity index (χ2v) is 5.07. The Morgan fingerprint density at radius 2 is 2.26 bits per heavy atom. The van der Waals surface area contributed by atoms with E-state index in [2.05, 4.69) is 15.8 Å². The lowest BCUT2D eigenvalue weighted by Crippen LogP contribution is -2.36. The lowest BCUT2D eigenvalue weighted by Gasteiger charge is -2.11. The molecule has 0 saturated carbocycles. The number of methoxy groups -OCH3 is 1. The number of hydrogen-bond acceptors (Lipinski definition) is 5. The number of carbonyl (C=O) groups is 1. The SMILES string of the molecule is COc1cccc2cc(C(C)NC(=O)NCc3ccon3)oc12. The van der Waals surface area contributed by atoms with E-state index in [0.717, 1.165) is 5.39 Å². The van der Waals surface area contributed by atoms with Gasteiger partial charge in [-0.15, -0.1) is 0 Å². The fourth-order valence-electron chi connectivity index (χ4n) is 2.25. The number of urea groups is 1. The van der Waals surface area contributed by atoms with E-state index in [-0.39, 0.29) is 12.1 Å². The van der Waals surface area contributed by atoms with Gasteiger partial charge in [-0.2, -0.15) is 0 Å². The van der Waals surface area contributed by atoms with Crippen LogP contribution in [-0.4, -0.2) is 18.3 Å². The summed E-state index contributed by atoms with van der Waals surface area (Å²) in [5.41, 5.74) is 1.32. The van der Waals surface area contributed by atoms with Crippen LogP contribution in [0.25, 0.3) is 11.0 Å². The Morgan fingerprint density at radius 3 is 3.00 bits per heavy atom. The molecule has 3 rings (SSSR count). The van der Waals surface area contributed by atoms with Crippen molar-refractivity contribution in [3.63, 3.8) is 0 Å². The van der Waals surface area contributed by atoms with Gasteiger partial charge in [-0.3, -0.25) is 0 Å². The molecule has 0 saturated heterocycles. The number of rotatable bonds is 5. The van der Waals surface area contributed by atoms with Crippen molar-refractivity contribution in [3.05, 3.63) is 48.0 Å². The van der Waals surface area contributed by atoms with Crippen LogP contribution in [-0.2, 0) is 6.54 Å². The van der Waals surface area contributed by atoms with E-state index in [1.807, 2.05) is 31.2 Å². The monoisotopic (exact) mass is 315 g/mol. The van der Waals surface area contributed by atoms with Gasteiger partial charge in [0.1, 0.15) is 17.7 Å². The zero-order valence-corrected chi connectivity index (χ0v) is 12.8. The molecule has 3 aromatic rings. The average Bonchev–Trinajstić information content (AvgIpc) is 3.21. The normalized spacial score (nSPS) is 12.1. The Labute approximate surface area is 132 Å². The Morgan fingerprint density at radius 1 is 1.39 bits per heavy atom. The standard InChI is InChI=1S/C16H17N3O4/c1-10(18-16(20)17-9-12-6-7-22-19-12)14-8-11-4-3-5-13(21-2)15(11)23-14/h3-8,10H,9H2,1-2H3,(H2,17,18,20). The minimum atomic E-state index is -0.312. The highest BCUT2D eigenvalue weighted by atomic mass is 16.5. The van der Waals surface area contributed by atoms with Crippen molar-refractivity contribution in [3.8, 4) is 5.75 Å². The predicted octanol–water partition coefficient (Wildman–Crippen LogP) is 2.99. The van der Waals surface area contributed by atoms with Gasteiger partial charge in [0, 0.05) is 11.5 Å². The number of furan rings is 1.